The van der Waals surface area contributed by atoms with Crippen LogP contribution >= 0.6 is 15.9 Å². The molecule has 1 aliphatic carbocycles. The summed E-state index contributed by atoms with van der Waals surface area (Å²) >= 11 is 3.00. The Morgan fingerprint density at radius 1 is 1.26 bits per heavy atom. The number of rotatable bonds is 4. The fraction of sp³-hybridized carbons (Fsp3) is 0.167. The van der Waals surface area contributed by atoms with E-state index in [0.717, 1.165) is 0 Å². The summed E-state index contributed by atoms with van der Waals surface area (Å²) in [6, 6.07) is 0. The van der Waals surface area contributed by atoms with Crippen LogP contribution in [0.4, 0.5) is 0 Å². The van der Waals surface area contributed by atoms with E-state index in [1.807, 2.05) is 13.8 Å². The third kappa shape index (κ3) is 3.74. The fourth-order valence-corrected chi connectivity index (χ4v) is 2.30. The molecule has 23 heavy (non-hydrogen) atoms. The van der Waals surface area contributed by atoms with Crippen LogP contribution in [0.3, 0.4) is 0 Å². The fourth-order valence-electron chi connectivity index (χ4n) is 1.91. The van der Waals surface area contributed by atoms with E-state index >= 15 is 0 Å². The third-order valence-electron chi connectivity index (χ3n) is 2.96. The predicted molar refractivity (Wildman–Crippen MR) is 93.7 cm³/mol. The van der Waals surface area contributed by atoms with Gasteiger partial charge in [0.25, 0.3) is 0 Å². The lowest BCUT2D eigenvalue weighted by Crippen LogP contribution is -2.20. The van der Waals surface area contributed by atoms with Crippen LogP contribution in [0.2, 0.25) is 0 Å². The summed E-state index contributed by atoms with van der Waals surface area (Å²) in [5.41, 5.74) is 0.480. The van der Waals surface area contributed by atoms with Crippen molar-refractivity contribution in [1.82, 2.24) is 0 Å². The monoisotopic (exact) mass is 376 g/mol. The van der Waals surface area contributed by atoms with Gasteiger partial charge in [0, 0.05) is 5.57 Å². The standard InChI is InChI=1S/C16H11BrO4.C2H6/c1-3-5-6-9(4-2)14(18)10-8-21-12-7-11(17)15(19)16(20)13(10)12;1-2/h3-8H,1H2,2H3;1-2H3/b6-5-,9-4+;. The van der Waals surface area contributed by atoms with Crippen molar-refractivity contribution in [3.8, 4) is 0 Å². The molecule has 1 aliphatic rings. The lowest BCUT2D eigenvalue weighted by Gasteiger charge is -2.07. The Balaban J connectivity index is 0.00000127. The maximum absolute atomic E-state index is 12.4. The van der Waals surface area contributed by atoms with E-state index in [9.17, 15) is 14.4 Å². The highest BCUT2D eigenvalue weighted by molar-refractivity contribution is 9.12. The SMILES string of the molecule is C=C/C=C\C(=C/C)C(=O)c1coc2c1C(=O)C(=O)C(Br)=C2.CC. The number of carbonyl (C=O) groups is 3. The second-order valence-electron chi connectivity index (χ2n) is 4.21. The minimum Gasteiger partial charge on any atom is -0.463 e. The van der Waals surface area contributed by atoms with E-state index in [-0.39, 0.29) is 27.2 Å². The molecule has 0 atom stereocenters. The van der Waals surface area contributed by atoms with Gasteiger partial charge in [-0.3, -0.25) is 14.4 Å². The maximum Gasteiger partial charge on any atom is 0.240 e. The average molecular weight is 377 g/mol. The molecule has 1 aromatic rings. The molecule has 0 spiro atoms. The molecular formula is C18H17BrO4. The van der Waals surface area contributed by atoms with Crippen molar-refractivity contribution < 1.29 is 18.8 Å². The molecule has 2 rings (SSSR count). The number of allylic oxidation sites excluding steroid dienone is 6. The molecule has 120 valence electrons. The van der Waals surface area contributed by atoms with E-state index in [1.165, 1.54) is 18.4 Å². The highest BCUT2D eigenvalue weighted by atomic mass is 79.9. The molecule has 0 amide bonds. The normalized spacial score (nSPS) is 14.1. The summed E-state index contributed by atoms with van der Waals surface area (Å²) in [4.78, 5) is 36.2. The molecule has 0 aliphatic heterocycles. The zero-order valence-corrected chi connectivity index (χ0v) is 14.8. The molecule has 0 N–H and O–H groups in total. The molecule has 0 fully saturated rings. The molecular weight excluding hydrogens is 360 g/mol. The quantitative estimate of drug-likeness (QED) is 0.331. The van der Waals surface area contributed by atoms with E-state index < -0.39 is 11.6 Å². The zero-order chi connectivity index (χ0) is 17.6. The summed E-state index contributed by atoms with van der Waals surface area (Å²) in [6.45, 7) is 9.24. The van der Waals surface area contributed by atoms with Crippen molar-refractivity contribution in [2.45, 2.75) is 20.8 Å². The van der Waals surface area contributed by atoms with E-state index in [4.69, 9.17) is 4.42 Å². The van der Waals surface area contributed by atoms with Gasteiger partial charge in [0.15, 0.2) is 5.78 Å². The average Bonchev–Trinajstić information content (AvgIpc) is 2.98. The van der Waals surface area contributed by atoms with Crippen LogP contribution in [-0.4, -0.2) is 17.3 Å². The molecule has 1 heterocycles. The second kappa shape index (κ2) is 8.39. The Labute approximate surface area is 143 Å². The molecule has 0 radical (unpaired) electrons. The largest absolute Gasteiger partial charge is 0.463 e. The molecule has 0 bridgehead atoms. The van der Waals surface area contributed by atoms with Crippen molar-refractivity contribution in [2.75, 3.05) is 0 Å². The van der Waals surface area contributed by atoms with Gasteiger partial charge in [-0.05, 0) is 28.9 Å². The number of carbonyl (C=O) groups excluding carboxylic acids is 3. The summed E-state index contributed by atoms with van der Waals surface area (Å²) in [7, 11) is 0. The maximum atomic E-state index is 12.4. The number of hydrogen-bond acceptors (Lipinski definition) is 4. The number of furan rings is 1. The molecule has 1 aromatic heterocycles. The Hall–Kier alpha value is -2.27. The van der Waals surface area contributed by atoms with Crippen molar-refractivity contribution in [3.05, 3.63) is 64.1 Å². The first-order chi connectivity index (χ1) is 11.0. The van der Waals surface area contributed by atoms with Crippen molar-refractivity contribution >= 4 is 39.4 Å². The van der Waals surface area contributed by atoms with Gasteiger partial charge in [-0.2, -0.15) is 0 Å². The summed E-state index contributed by atoms with van der Waals surface area (Å²) in [5, 5.41) is 0. The Morgan fingerprint density at radius 2 is 1.91 bits per heavy atom. The van der Waals surface area contributed by atoms with Crippen molar-refractivity contribution in [2.24, 2.45) is 0 Å². The first-order valence-electron chi connectivity index (χ1n) is 7.09. The summed E-state index contributed by atoms with van der Waals surface area (Å²) < 4.78 is 5.34. The number of Topliss-reactive ketones (excluding diaryl/α,β-unsaturated/α-hetero) is 3. The predicted octanol–water partition coefficient (Wildman–Crippen LogP) is 4.68. The Kier molecular flexibility index (Phi) is 6.85. The Bertz CT molecular complexity index is 745. The van der Waals surface area contributed by atoms with Crippen molar-refractivity contribution in [1.29, 1.82) is 0 Å². The van der Waals surface area contributed by atoms with Crippen LogP contribution in [0.5, 0.6) is 0 Å². The molecule has 0 aromatic carbocycles. The highest BCUT2D eigenvalue weighted by Crippen LogP contribution is 2.30. The number of hydrogen-bond donors (Lipinski definition) is 0. The molecule has 0 saturated carbocycles. The van der Waals surface area contributed by atoms with Crippen LogP contribution in [0.1, 0.15) is 47.2 Å². The summed E-state index contributed by atoms with van der Waals surface area (Å²) in [5.74, 6) is -1.62. The van der Waals surface area contributed by atoms with Crippen LogP contribution < -0.4 is 0 Å². The number of ketones is 3. The second-order valence-corrected chi connectivity index (χ2v) is 5.06. The topological polar surface area (TPSA) is 64.3 Å². The van der Waals surface area contributed by atoms with Gasteiger partial charge < -0.3 is 4.42 Å². The summed E-state index contributed by atoms with van der Waals surface area (Å²) in [6.07, 6.45) is 8.94. The van der Waals surface area contributed by atoms with Crippen LogP contribution in [-0.2, 0) is 4.79 Å². The Morgan fingerprint density at radius 3 is 2.48 bits per heavy atom. The molecule has 0 unspecified atom stereocenters. The van der Waals surface area contributed by atoms with Gasteiger partial charge in [0.2, 0.25) is 11.6 Å². The molecule has 5 heteroatoms. The van der Waals surface area contributed by atoms with Gasteiger partial charge in [0.1, 0.15) is 12.0 Å². The van der Waals surface area contributed by atoms with Gasteiger partial charge in [0.05, 0.1) is 15.6 Å². The third-order valence-corrected chi connectivity index (χ3v) is 3.55. The first-order valence-corrected chi connectivity index (χ1v) is 7.88. The molecule has 4 nitrogen and oxygen atoms in total. The van der Waals surface area contributed by atoms with Gasteiger partial charge >= 0.3 is 0 Å². The van der Waals surface area contributed by atoms with E-state index in [0.29, 0.717) is 5.57 Å². The van der Waals surface area contributed by atoms with Gasteiger partial charge in [-0.25, -0.2) is 0 Å². The minimum atomic E-state index is -0.750. The van der Waals surface area contributed by atoms with Gasteiger partial charge in [-0.1, -0.05) is 44.7 Å². The minimum absolute atomic E-state index is 0.0135. The van der Waals surface area contributed by atoms with Crippen LogP contribution in [0.25, 0.3) is 6.08 Å². The molecule has 0 saturated heterocycles. The van der Waals surface area contributed by atoms with Crippen LogP contribution in [0.15, 0.2) is 51.6 Å². The number of fused-ring (bicyclic) bond motifs is 1. The highest BCUT2D eigenvalue weighted by Gasteiger charge is 2.33. The lowest BCUT2D eigenvalue weighted by molar-refractivity contribution is -0.111. The number of halogens is 1. The first kappa shape index (κ1) is 18.8. The van der Waals surface area contributed by atoms with E-state index in [1.54, 1.807) is 25.2 Å². The lowest BCUT2D eigenvalue weighted by atomic mass is 9.93. The van der Waals surface area contributed by atoms with Crippen molar-refractivity contribution in [3.63, 3.8) is 0 Å². The van der Waals surface area contributed by atoms with Gasteiger partial charge in [-0.15, -0.1) is 0 Å². The van der Waals surface area contributed by atoms with E-state index in [2.05, 4.69) is 22.5 Å². The zero-order valence-electron chi connectivity index (χ0n) is 13.2. The smallest absolute Gasteiger partial charge is 0.240 e. The van der Waals surface area contributed by atoms with Crippen LogP contribution in [0, 0.1) is 0 Å².